The van der Waals surface area contributed by atoms with Gasteiger partial charge in [-0.15, -0.1) is 0 Å². The van der Waals surface area contributed by atoms with Crippen LogP contribution in [-0.4, -0.2) is 0 Å². The topological polar surface area (TPSA) is 0 Å². The third-order valence-corrected chi connectivity index (χ3v) is 6.55. The average molecular weight is 409 g/mol. The van der Waals surface area contributed by atoms with Crippen LogP contribution in [0.3, 0.4) is 0 Å². The highest BCUT2D eigenvalue weighted by atomic mass is 19.2. The Morgan fingerprint density at radius 3 is 1.93 bits per heavy atom. The summed E-state index contributed by atoms with van der Waals surface area (Å²) in [4.78, 5) is 0. The van der Waals surface area contributed by atoms with E-state index in [1.807, 2.05) is 50.2 Å². The Balaban J connectivity index is 1.51. The lowest BCUT2D eigenvalue weighted by molar-refractivity contribution is 0.375. The number of hydrogen-bond acceptors (Lipinski definition) is 0. The Morgan fingerprint density at radius 2 is 1.33 bits per heavy atom. The van der Waals surface area contributed by atoms with E-state index in [-0.39, 0.29) is 17.7 Å². The zero-order valence-electron chi connectivity index (χ0n) is 17.5. The number of hydrogen-bond donors (Lipinski definition) is 0. The average Bonchev–Trinajstić information content (AvgIpc) is 2.76. The fraction of sp³-hybridized carbons (Fsp3) is 0.333. The molecule has 1 aliphatic carbocycles. The Kier molecular flexibility index (Phi) is 5.99. The number of benzene rings is 3. The lowest BCUT2D eigenvalue weighted by atomic mass is 9.75. The Bertz CT molecular complexity index is 1030. The molecule has 4 rings (SSSR count). The minimum Gasteiger partial charge on any atom is -0.207 e. The van der Waals surface area contributed by atoms with E-state index in [4.69, 9.17) is 0 Å². The zero-order chi connectivity index (χ0) is 21.3. The highest BCUT2D eigenvalue weighted by Gasteiger charge is 2.28. The fourth-order valence-electron chi connectivity index (χ4n) is 4.67. The minimum atomic E-state index is -0.778. The van der Waals surface area contributed by atoms with Gasteiger partial charge in [0.25, 0.3) is 0 Å². The molecule has 0 N–H and O–H groups in total. The van der Waals surface area contributed by atoms with Gasteiger partial charge in [0.2, 0.25) is 0 Å². The smallest absolute Gasteiger partial charge is 0.166 e. The highest BCUT2D eigenvalue weighted by molar-refractivity contribution is 5.65. The molecule has 1 fully saturated rings. The summed E-state index contributed by atoms with van der Waals surface area (Å²) in [5, 5.41) is 0. The molecule has 0 bridgehead atoms. The van der Waals surface area contributed by atoms with Crippen molar-refractivity contribution in [3.63, 3.8) is 0 Å². The van der Waals surface area contributed by atoms with Crippen molar-refractivity contribution in [2.75, 3.05) is 0 Å². The van der Waals surface area contributed by atoms with E-state index in [9.17, 15) is 13.2 Å². The Labute approximate surface area is 176 Å². The van der Waals surface area contributed by atoms with E-state index < -0.39 is 11.6 Å². The molecule has 0 aromatic heterocycles. The summed E-state index contributed by atoms with van der Waals surface area (Å²) in [5.74, 6) is -1.54. The normalized spacial score (nSPS) is 19.1. The van der Waals surface area contributed by atoms with E-state index in [2.05, 4.69) is 0 Å². The maximum Gasteiger partial charge on any atom is 0.166 e. The summed E-state index contributed by atoms with van der Waals surface area (Å²) < 4.78 is 44.3. The van der Waals surface area contributed by atoms with Gasteiger partial charge in [-0.1, -0.05) is 61.0 Å². The van der Waals surface area contributed by atoms with Crippen LogP contribution in [0.5, 0.6) is 0 Å². The van der Waals surface area contributed by atoms with Crippen LogP contribution in [0.1, 0.15) is 66.7 Å². The van der Waals surface area contributed by atoms with Gasteiger partial charge in [-0.25, -0.2) is 13.2 Å². The van der Waals surface area contributed by atoms with Crippen molar-refractivity contribution < 1.29 is 13.2 Å². The lowest BCUT2D eigenvalue weighted by Crippen LogP contribution is -2.15. The molecule has 1 saturated carbocycles. The first kappa shape index (κ1) is 20.7. The van der Waals surface area contributed by atoms with E-state index in [1.165, 1.54) is 0 Å². The summed E-state index contributed by atoms with van der Waals surface area (Å²) in [6.07, 6.45) is 3.86. The Morgan fingerprint density at radius 1 is 0.733 bits per heavy atom. The van der Waals surface area contributed by atoms with Gasteiger partial charge in [-0.2, -0.15) is 0 Å². The van der Waals surface area contributed by atoms with Gasteiger partial charge in [0.1, 0.15) is 5.82 Å². The first-order valence-electron chi connectivity index (χ1n) is 10.8. The molecule has 0 saturated heterocycles. The maximum atomic E-state index is 14.9. The summed E-state index contributed by atoms with van der Waals surface area (Å²) in [6.45, 7) is 3.97. The van der Waals surface area contributed by atoms with Crippen LogP contribution in [0.4, 0.5) is 13.2 Å². The lowest BCUT2D eigenvalue weighted by Gasteiger charge is -2.30. The van der Waals surface area contributed by atoms with Crippen LogP contribution in [0.2, 0.25) is 0 Å². The predicted molar refractivity (Wildman–Crippen MR) is 116 cm³/mol. The van der Waals surface area contributed by atoms with E-state index in [0.29, 0.717) is 16.7 Å². The molecule has 0 spiro atoms. The van der Waals surface area contributed by atoms with Crippen molar-refractivity contribution in [3.05, 3.63) is 94.3 Å². The van der Waals surface area contributed by atoms with Crippen LogP contribution in [0.25, 0.3) is 11.1 Å². The first-order valence-corrected chi connectivity index (χ1v) is 10.8. The van der Waals surface area contributed by atoms with Crippen molar-refractivity contribution in [2.45, 2.75) is 57.8 Å². The molecule has 156 valence electrons. The van der Waals surface area contributed by atoms with E-state index in [0.717, 1.165) is 48.8 Å². The molecule has 0 unspecified atom stereocenters. The second-order valence-corrected chi connectivity index (χ2v) is 8.45. The minimum absolute atomic E-state index is 0.0270. The molecule has 0 nitrogen and oxygen atoms in total. The highest BCUT2D eigenvalue weighted by Crippen LogP contribution is 2.43. The summed E-state index contributed by atoms with van der Waals surface area (Å²) >= 11 is 0. The quantitative estimate of drug-likeness (QED) is 0.409. The van der Waals surface area contributed by atoms with Gasteiger partial charge in [-0.05, 0) is 79.2 Å². The van der Waals surface area contributed by atoms with Crippen LogP contribution in [0.15, 0.2) is 54.6 Å². The molecule has 0 atom stereocenters. The Hall–Kier alpha value is -2.55. The van der Waals surface area contributed by atoms with Crippen molar-refractivity contribution in [1.82, 2.24) is 0 Å². The van der Waals surface area contributed by atoms with Gasteiger partial charge in [0.15, 0.2) is 11.6 Å². The van der Waals surface area contributed by atoms with Gasteiger partial charge in [-0.3, -0.25) is 0 Å². The summed E-state index contributed by atoms with van der Waals surface area (Å²) in [5.41, 5.74) is 4.25. The fourth-order valence-corrected chi connectivity index (χ4v) is 4.67. The molecule has 30 heavy (non-hydrogen) atoms. The third kappa shape index (κ3) is 4.03. The first-order chi connectivity index (χ1) is 14.5. The molecule has 0 aliphatic heterocycles. The molecular weight excluding hydrogens is 381 g/mol. The second kappa shape index (κ2) is 8.67. The molecule has 0 amide bonds. The van der Waals surface area contributed by atoms with Gasteiger partial charge in [0, 0.05) is 5.56 Å². The second-order valence-electron chi connectivity index (χ2n) is 8.45. The van der Waals surface area contributed by atoms with Gasteiger partial charge < -0.3 is 0 Å². The summed E-state index contributed by atoms with van der Waals surface area (Å²) in [6, 6.07) is 16.4. The monoisotopic (exact) mass is 408 g/mol. The largest absolute Gasteiger partial charge is 0.207 e. The van der Waals surface area contributed by atoms with Crippen LogP contribution in [0, 0.1) is 24.4 Å². The molecule has 3 heteroatoms. The van der Waals surface area contributed by atoms with Crippen molar-refractivity contribution in [3.8, 4) is 11.1 Å². The SMILES string of the molecule is CCc1ccc(C2CCC(c3ccc(-c4ccc(C)cc4)c(F)c3F)CC2)c(F)c1. The van der Waals surface area contributed by atoms with Gasteiger partial charge in [0.05, 0.1) is 0 Å². The number of halogens is 3. The van der Waals surface area contributed by atoms with Crippen molar-refractivity contribution >= 4 is 0 Å². The van der Waals surface area contributed by atoms with E-state index >= 15 is 0 Å². The molecule has 3 aromatic carbocycles. The molecule has 1 aliphatic rings. The summed E-state index contributed by atoms with van der Waals surface area (Å²) in [7, 11) is 0. The third-order valence-electron chi connectivity index (χ3n) is 6.55. The van der Waals surface area contributed by atoms with E-state index in [1.54, 1.807) is 18.2 Å². The molecular formula is C27H27F3. The number of rotatable bonds is 4. The maximum absolute atomic E-state index is 14.9. The molecule has 3 aromatic rings. The van der Waals surface area contributed by atoms with Gasteiger partial charge >= 0.3 is 0 Å². The molecule has 0 radical (unpaired) electrons. The standard InChI is InChI=1S/C27H27F3/c1-3-18-6-13-22(25(28)16-18)19-9-11-21(12-10-19)24-15-14-23(26(29)27(24)30)20-7-4-17(2)5-8-20/h4-8,13-16,19,21H,3,9-12H2,1-2H3. The van der Waals surface area contributed by atoms with Crippen molar-refractivity contribution in [2.24, 2.45) is 0 Å². The van der Waals surface area contributed by atoms with Crippen LogP contribution >= 0.6 is 0 Å². The van der Waals surface area contributed by atoms with Crippen molar-refractivity contribution in [1.29, 1.82) is 0 Å². The predicted octanol–water partition coefficient (Wildman–Crippen LogP) is 8.08. The van der Waals surface area contributed by atoms with Crippen LogP contribution < -0.4 is 0 Å². The zero-order valence-corrected chi connectivity index (χ0v) is 17.5. The van der Waals surface area contributed by atoms with Crippen LogP contribution in [-0.2, 0) is 6.42 Å². The molecule has 0 heterocycles. The number of aryl methyl sites for hydroxylation is 2.